The molecule has 10 rings (SSSR count). The highest BCUT2D eigenvalue weighted by molar-refractivity contribution is 6.05. The Morgan fingerprint density at radius 3 is 1.58 bits per heavy atom. The van der Waals surface area contributed by atoms with Gasteiger partial charge in [-0.1, -0.05) is 178 Å². The number of fused-ring (bicyclic) bond motifs is 6. The minimum absolute atomic E-state index is 0.0866. The fourth-order valence-corrected chi connectivity index (χ4v) is 8.47. The SMILES string of the molecule is CC1(C)c2ccc(-c3ccc(-c4nc(-c5ccccc5)cc(-c5ccc(-c6ccccc6)cc5)n4)c4ccccc34)cc2-c2ccc3ccccc3c21. The van der Waals surface area contributed by atoms with E-state index < -0.39 is 0 Å². The van der Waals surface area contributed by atoms with Crippen LogP contribution in [0.1, 0.15) is 25.0 Å². The molecule has 0 spiro atoms. The fourth-order valence-electron chi connectivity index (χ4n) is 8.47. The van der Waals surface area contributed by atoms with Crippen molar-refractivity contribution in [2.75, 3.05) is 0 Å². The van der Waals surface area contributed by atoms with Gasteiger partial charge in [-0.25, -0.2) is 9.97 Å². The molecule has 0 saturated carbocycles. The van der Waals surface area contributed by atoms with E-state index >= 15 is 0 Å². The van der Waals surface area contributed by atoms with Gasteiger partial charge in [-0.15, -0.1) is 0 Å². The second kappa shape index (κ2) is 12.3. The van der Waals surface area contributed by atoms with Gasteiger partial charge in [0.05, 0.1) is 11.4 Å². The molecule has 2 heteroatoms. The fraction of sp³-hybridized carbons (Fsp3) is 0.0588. The van der Waals surface area contributed by atoms with E-state index in [1.54, 1.807) is 0 Å². The van der Waals surface area contributed by atoms with Crippen molar-refractivity contribution in [3.05, 3.63) is 193 Å². The number of nitrogens with zero attached hydrogens (tertiary/aromatic N) is 2. The molecule has 0 N–H and O–H groups in total. The average molecular weight is 677 g/mol. The van der Waals surface area contributed by atoms with Gasteiger partial charge in [-0.05, 0) is 84.3 Å². The highest BCUT2D eigenvalue weighted by atomic mass is 14.9. The number of aromatic nitrogens is 2. The van der Waals surface area contributed by atoms with Crippen molar-refractivity contribution in [1.82, 2.24) is 9.97 Å². The second-order valence-electron chi connectivity index (χ2n) is 14.6. The quantitative estimate of drug-likeness (QED) is 0.181. The van der Waals surface area contributed by atoms with Gasteiger partial charge in [-0.3, -0.25) is 0 Å². The van der Waals surface area contributed by atoms with Gasteiger partial charge < -0.3 is 0 Å². The summed E-state index contributed by atoms with van der Waals surface area (Å²) in [5.41, 5.74) is 15.1. The largest absolute Gasteiger partial charge is 0.228 e. The molecule has 2 nitrogen and oxygen atoms in total. The molecular weight excluding hydrogens is 641 g/mol. The molecule has 250 valence electrons. The molecule has 0 saturated heterocycles. The van der Waals surface area contributed by atoms with E-state index in [-0.39, 0.29) is 5.41 Å². The van der Waals surface area contributed by atoms with Crippen LogP contribution in [-0.4, -0.2) is 9.97 Å². The minimum atomic E-state index is -0.0866. The van der Waals surface area contributed by atoms with Crippen molar-refractivity contribution >= 4 is 21.5 Å². The smallest absolute Gasteiger partial charge is 0.161 e. The Morgan fingerprint density at radius 2 is 0.868 bits per heavy atom. The molecule has 0 radical (unpaired) electrons. The van der Waals surface area contributed by atoms with E-state index in [1.165, 1.54) is 60.7 Å². The van der Waals surface area contributed by atoms with E-state index in [1.807, 2.05) is 6.07 Å². The lowest BCUT2D eigenvalue weighted by Gasteiger charge is -2.23. The first-order valence-electron chi connectivity index (χ1n) is 18.3. The van der Waals surface area contributed by atoms with Crippen LogP contribution in [0.2, 0.25) is 0 Å². The molecule has 53 heavy (non-hydrogen) atoms. The van der Waals surface area contributed by atoms with Crippen molar-refractivity contribution in [3.63, 3.8) is 0 Å². The Balaban J connectivity index is 1.11. The predicted octanol–water partition coefficient (Wildman–Crippen LogP) is 13.4. The van der Waals surface area contributed by atoms with Crippen LogP contribution in [0.3, 0.4) is 0 Å². The first-order chi connectivity index (χ1) is 26.0. The number of hydrogen-bond donors (Lipinski definition) is 0. The molecule has 0 fully saturated rings. The first kappa shape index (κ1) is 31.1. The summed E-state index contributed by atoms with van der Waals surface area (Å²) in [6.07, 6.45) is 0. The van der Waals surface area contributed by atoms with Crippen molar-refractivity contribution in [2.45, 2.75) is 19.3 Å². The van der Waals surface area contributed by atoms with Gasteiger partial charge >= 0.3 is 0 Å². The van der Waals surface area contributed by atoms with Crippen molar-refractivity contribution in [2.24, 2.45) is 0 Å². The third-order valence-electron chi connectivity index (χ3n) is 11.1. The molecule has 0 amide bonds. The molecule has 9 aromatic rings. The number of benzene rings is 8. The summed E-state index contributed by atoms with van der Waals surface area (Å²) < 4.78 is 0. The van der Waals surface area contributed by atoms with Gasteiger partial charge in [0, 0.05) is 22.1 Å². The van der Waals surface area contributed by atoms with Crippen LogP contribution in [0.5, 0.6) is 0 Å². The summed E-state index contributed by atoms with van der Waals surface area (Å²) in [7, 11) is 0. The lowest BCUT2D eigenvalue weighted by atomic mass is 9.80. The van der Waals surface area contributed by atoms with Crippen LogP contribution in [0.4, 0.5) is 0 Å². The number of rotatable bonds is 5. The highest BCUT2D eigenvalue weighted by Gasteiger charge is 2.37. The van der Waals surface area contributed by atoms with Gasteiger partial charge in [0.2, 0.25) is 0 Å². The maximum atomic E-state index is 5.26. The zero-order valence-electron chi connectivity index (χ0n) is 29.7. The Morgan fingerprint density at radius 1 is 0.358 bits per heavy atom. The summed E-state index contributed by atoms with van der Waals surface area (Å²) in [6, 6.07) is 65.3. The van der Waals surface area contributed by atoms with Crippen LogP contribution in [0.25, 0.3) is 88.8 Å². The van der Waals surface area contributed by atoms with Crippen molar-refractivity contribution in [1.29, 1.82) is 0 Å². The third kappa shape index (κ3) is 5.18. The van der Waals surface area contributed by atoms with E-state index in [9.17, 15) is 0 Å². The zero-order valence-corrected chi connectivity index (χ0v) is 29.7. The van der Waals surface area contributed by atoms with E-state index in [0.29, 0.717) is 5.82 Å². The van der Waals surface area contributed by atoms with Crippen LogP contribution in [-0.2, 0) is 5.41 Å². The normalized spacial score (nSPS) is 12.9. The van der Waals surface area contributed by atoms with E-state index in [0.717, 1.165) is 33.5 Å². The van der Waals surface area contributed by atoms with Crippen LogP contribution >= 0.6 is 0 Å². The van der Waals surface area contributed by atoms with Crippen molar-refractivity contribution in [3.8, 4) is 67.3 Å². The molecular formula is C51H36N2. The standard InChI is InChI=1S/C51H36N2/c1-51(2)46-30-26-38(31-45(46)43-27-25-35-15-9-10-18-40(35)49(43)51)39-28-29-44(42-20-12-11-19-41(39)42)50-52-47(36-16-7-4-8-17-36)32-48(53-50)37-23-21-34(22-24-37)33-13-5-3-6-14-33/h3-32H,1-2H3. The Labute approximate surface area is 310 Å². The summed E-state index contributed by atoms with van der Waals surface area (Å²) in [5, 5.41) is 4.95. The van der Waals surface area contributed by atoms with Gasteiger partial charge in [-0.2, -0.15) is 0 Å². The summed E-state index contributed by atoms with van der Waals surface area (Å²) >= 11 is 0. The van der Waals surface area contributed by atoms with Crippen LogP contribution in [0, 0.1) is 0 Å². The minimum Gasteiger partial charge on any atom is -0.228 e. The highest BCUT2D eigenvalue weighted by Crippen LogP contribution is 2.52. The average Bonchev–Trinajstić information content (AvgIpc) is 3.46. The maximum Gasteiger partial charge on any atom is 0.161 e. The Hall–Kier alpha value is -6.64. The zero-order chi connectivity index (χ0) is 35.5. The monoisotopic (exact) mass is 676 g/mol. The van der Waals surface area contributed by atoms with Gasteiger partial charge in [0.15, 0.2) is 5.82 Å². The lowest BCUT2D eigenvalue weighted by molar-refractivity contribution is 0.666. The Kier molecular flexibility index (Phi) is 7.19. The van der Waals surface area contributed by atoms with Crippen LogP contribution < -0.4 is 0 Å². The van der Waals surface area contributed by atoms with Gasteiger partial charge in [0.1, 0.15) is 0 Å². The third-order valence-corrected chi connectivity index (χ3v) is 11.1. The van der Waals surface area contributed by atoms with Gasteiger partial charge in [0.25, 0.3) is 0 Å². The number of hydrogen-bond acceptors (Lipinski definition) is 2. The molecule has 1 aliphatic carbocycles. The molecule has 0 unspecified atom stereocenters. The second-order valence-corrected chi connectivity index (χ2v) is 14.6. The van der Waals surface area contributed by atoms with E-state index in [4.69, 9.17) is 9.97 Å². The molecule has 0 atom stereocenters. The predicted molar refractivity (Wildman–Crippen MR) is 222 cm³/mol. The molecule has 0 bridgehead atoms. The lowest BCUT2D eigenvalue weighted by Crippen LogP contribution is -2.15. The maximum absolute atomic E-state index is 5.26. The molecule has 1 aliphatic rings. The molecule has 1 aromatic heterocycles. The Bertz CT molecular complexity index is 2830. The molecule has 8 aromatic carbocycles. The summed E-state index contributed by atoms with van der Waals surface area (Å²) in [4.78, 5) is 10.5. The molecule has 1 heterocycles. The molecule has 0 aliphatic heterocycles. The van der Waals surface area contributed by atoms with Crippen LogP contribution in [0.15, 0.2) is 182 Å². The van der Waals surface area contributed by atoms with Crippen molar-refractivity contribution < 1.29 is 0 Å². The topological polar surface area (TPSA) is 25.8 Å². The van der Waals surface area contributed by atoms with E-state index in [2.05, 4.69) is 190 Å². The first-order valence-corrected chi connectivity index (χ1v) is 18.3. The summed E-state index contributed by atoms with van der Waals surface area (Å²) in [5.74, 6) is 0.716. The summed E-state index contributed by atoms with van der Waals surface area (Å²) in [6.45, 7) is 4.73.